The molecule has 4 aromatic rings. The summed E-state index contributed by atoms with van der Waals surface area (Å²) in [6.45, 7) is 5.64. The molecule has 0 amide bonds. The van der Waals surface area contributed by atoms with Gasteiger partial charge in [-0.3, -0.25) is 4.72 Å². The smallest absolute Gasteiger partial charge is 0.262 e. The Morgan fingerprint density at radius 1 is 0.933 bits per heavy atom. The van der Waals surface area contributed by atoms with Gasteiger partial charge in [-0.2, -0.15) is 0 Å². The molecule has 7 heteroatoms. The SMILES string of the molecule is COc1ccc2nc(-c3ccc(NS(=O)(=O)c4ccc(C)cc4C)c(C)c3)sc2c1. The average Bonchev–Trinajstić information content (AvgIpc) is 3.12. The van der Waals surface area contributed by atoms with E-state index < -0.39 is 10.0 Å². The molecule has 3 aromatic carbocycles. The molecule has 0 aliphatic heterocycles. The Kier molecular flexibility index (Phi) is 5.26. The van der Waals surface area contributed by atoms with E-state index in [1.54, 1.807) is 43.6 Å². The van der Waals surface area contributed by atoms with Crippen LogP contribution in [-0.4, -0.2) is 20.5 Å². The second kappa shape index (κ2) is 7.74. The largest absolute Gasteiger partial charge is 0.497 e. The number of sulfonamides is 1. The van der Waals surface area contributed by atoms with Crippen molar-refractivity contribution in [3.63, 3.8) is 0 Å². The molecule has 0 unspecified atom stereocenters. The lowest BCUT2D eigenvalue weighted by molar-refractivity contribution is 0.415. The van der Waals surface area contributed by atoms with Crippen LogP contribution in [0.2, 0.25) is 0 Å². The minimum atomic E-state index is -3.67. The molecule has 4 rings (SSSR count). The molecule has 0 aliphatic rings. The Bertz CT molecular complexity index is 1360. The van der Waals surface area contributed by atoms with E-state index in [1.165, 1.54) is 0 Å². The minimum Gasteiger partial charge on any atom is -0.497 e. The Balaban J connectivity index is 1.65. The van der Waals surface area contributed by atoms with Gasteiger partial charge < -0.3 is 4.74 Å². The molecule has 0 aliphatic carbocycles. The molecule has 0 atom stereocenters. The van der Waals surface area contributed by atoms with Crippen LogP contribution < -0.4 is 9.46 Å². The highest BCUT2D eigenvalue weighted by atomic mass is 32.2. The first kappa shape index (κ1) is 20.4. The van der Waals surface area contributed by atoms with E-state index in [0.29, 0.717) is 5.69 Å². The average molecular weight is 439 g/mol. The quantitative estimate of drug-likeness (QED) is 0.434. The summed E-state index contributed by atoms with van der Waals surface area (Å²) in [6, 6.07) is 16.7. The number of benzene rings is 3. The third kappa shape index (κ3) is 3.91. The number of aryl methyl sites for hydroxylation is 3. The van der Waals surface area contributed by atoms with Crippen molar-refractivity contribution in [1.82, 2.24) is 4.98 Å². The molecule has 0 spiro atoms. The zero-order chi connectivity index (χ0) is 21.5. The van der Waals surface area contributed by atoms with Crippen molar-refractivity contribution >= 4 is 37.3 Å². The molecule has 0 bridgehead atoms. The zero-order valence-corrected chi connectivity index (χ0v) is 18.8. The maximum atomic E-state index is 12.9. The number of nitrogens with zero attached hydrogens (tertiary/aromatic N) is 1. The summed E-state index contributed by atoms with van der Waals surface area (Å²) in [7, 11) is -2.02. The Hall–Kier alpha value is -2.90. The zero-order valence-electron chi connectivity index (χ0n) is 17.2. The first-order chi connectivity index (χ1) is 14.3. The van der Waals surface area contributed by atoms with E-state index in [9.17, 15) is 8.42 Å². The molecule has 0 fully saturated rings. The van der Waals surface area contributed by atoms with Crippen molar-refractivity contribution < 1.29 is 13.2 Å². The third-order valence-corrected chi connectivity index (χ3v) is 7.53. The van der Waals surface area contributed by atoms with E-state index >= 15 is 0 Å². The maximum absolute atomic E-state index is 12.9. The maximum Gasteiger partial charge on any atom is 0.262 e. The van der Waals surface area contributed by atoms with Crippen molar-refractivity contribution in [3.8, 4) is 16.3 Å². The number of hydrogen-bond donors (Lipinski definition) is 1. The first-order valence-corrected chi connectivity index (χ1v) is 11.7. The Labute approximate surface area is 180 Å². The summed E-state index contributed by atoms with van der Waals surface area (Å²) in [5.41, 5.74) is 5.00. The van der Waals surface area contributed by atoms with Crippen molar-refractivity contribution in [2.45, 2.75) is 25.7 Å². The molecular formula is C23H22N2O3S2. The van der Waals surface area contributed by atoms with E-state index in [1.807, 2.05) is 50.2 Å². The third-order valence-electron chi connectivity index (χ3n) is 4.93. The fourth-order valence-electron chi connectivity index (χ4n) is 3.37. The lowest BCUT2D eigenvalue weighted by Gasteiger charge is -2.13. The van der Waals surface area contributed by atoms with Crippen molar-refractivity contribution in [2.24, 2.45) is 0 Å². The lowest BCUT2D eigenvalue weighted by atomic mass is 10.1. The number of methoxy groups -OCH3 is 1. The second-order valence-electron chi connectivity index (χ2n) is 7.26. The van der Waals surface area contributed by atoms with Crippen LogP contribution in [0, 0.1) is 20.8 Å². The van der Waals surface area contributed by atoms with Gasteiger partial charge in [-0.05, 0) is 74.4 Å². The van der Waals surface area contributed by atoms with Gasteiger partial charge in [-0.25, -0.2) is 13.4 Å². The number of ether oxygens (including phenoxy) is 1. The van der Waals surface area contributed by atoms with Gasteiger partial charge >= 0.3 is 0 Å². The fraction of sp³-hybridized carbons (Fsp3) is 0.174. The predicted molar refractivity (Wildman–Crippen MR) is 123 cm³/mol. The summed E-state index contributed by atoms with van der Waals surface area (Å²) in [6.07, 6.45) is 0. The molecule has 0 saturated carbocycles. The van der Waals surface area contributed by atoms with E-state index in [-0.39, 0.29) is 4.90 Å². The van der Waals surface area contributed by atoms with Gasteiger partial charge in [0.1, 0.15) is 10.8 Å². The molecule has 0 radical (unpaired) electrons. The van der Waals surface area contributed by atoms with Gasteiger partial charge in [0.25, 0.3) is 10.0 Å². The van der Waals surface area contributed by atoms with E-state index in [2.05, 4.69) is 4.72 Å². The molecule has 1 aromatic heterocycles. The highest BCUT2D eigenvalue weighted by Crippen LogP contribution is 2.34. The summed E-state index contributed by atoms with van der Waals surface area (Å²) in [4.78, 5) is 4.98. The first-order valence-electron chi connectivity index (χ1n) is 9.42. The Morgan fingerprint density at radius 2 is 1.73 bits per heavy atom. The van der Waals surface area contributed by atoms with Crippen LogP contribution in [0.5, 0.6) is 5.75 Å². The molecule has 5 nitrogen and oxygen atoms in total. The number of thiazole rings is 1. The number of hydrogen-bond acceptors (Lipinski definition) is 5. The summed E-state index contributed by atoms with van der Waals surface area (Å²) < 4.78 is 34.8. The number of nitrogens with one attached hydrogen (secondary N) is 1. The van der Waals surface area contributed by atoms with Crippen molar-refractivity contribution in [3.05, 3.63) is 71.3 Å². The monoisotopic (exact) mass is 438 g/mol. The van der Waals surface area contributed by atoms with Gasteiger partial charge in [0, 0.05) is 5.56 Å². The van der Waals surface area contributed by atoms with Crippen LogP contribution in [0.4, 0.5) is 5.69 Å². The van der Waals surface area contributed by atoms with Gasteiger partial charge in [-0.15, -0.1) is 11.3 Å². The van der Waals surface area contributed by atoms with Crippen LogP contribution in [0.15, 0.2) is 59.5 Å². The van der Waals surface area contributed by atoms with Gasteiger partial charge in [0.05, 0.1) is 27.9 Å². The molecule has 154 valence electrons. The van der Waals surface area contributed by atoms with Crippen LogP contribution in [0.3, 0.4) is 0 Å². The van der Waals surface area contributed by atoms with Gasteiger partial charge in [-0.1, -0.05) is 17.7 Å². The summed E-state index contributed by atoms with van der Waals surface area (Å²) in [5, 5.41) is 0.880. The standard InChI is InChI=1S/C23H22N2O3S2/c1-14-5-10-22(16(3)11-14)30(26,27)25-19-8-6-17(12-15(19)2)23-24-20-9-7-18(28-4)13-21(20)29-23/h5-13,25H,1-4H3. The van der Waals surface area contributed by atoms with Crippen LogP contribution in [-0.2, 0) is 10.0 Å². The molecule has 1 N–H and O–H groups in total. The van der Waals surface area contributed by atoms with Crippen LogP contribution in [0.25, 0.3) is 20.8 Å². The summed E-state index contributed by atoms with van der Waals surface area (Å²) >= 11 is 1.58. The van der Waals surface area contributed by atoms with E-state index in [0.717, 1.165) is 43.2 Å². The minimum absolute atomic E-state index is 0.289. The second-order valence-corrected chi connectivity index (χ2v) is 9.94. The predicted octanol–water partition coefficient (Wildman–Crippen LogP) is 5.70. The highest BCUT2D eigenvalue weighted by Gasteiger charge is 2.18. The molecular weight excluding hydrogens is 416 g/mol. The van der Waals surface area contributed by atoms with Crippen LogP contribution in [0.1, 0.15) is 16.7 Å². The van der Waals surface area contributed by atoms with Crippen molar-refractivity contribution in [2.75, 3.05) is 11.8 Å². The molecule has 1 heterocycles. The lowest BCUT2D eigenvalue weighted by Crippen LogP contribution is -2.15. The molecule has 30 heavy (non-hydrogen) atoms. The summed E-state index contributed by atoms with van der Waals surface area (Å²) in [5.74, 6) is 0.796. The number of aromatic nitrogens is 1. The number of fused-ring (bicyclic) bond motifs is 1. The highest BCUT2D eigenvalue weighted by molar-refractivity contribution is 7.92. The van der Waals surface area contributed by atoms with Gasteiger partial charge in [0.15, 0.2) is 0 Å². The van der Waals surface area contributed by atoms with E-state index in [4.69, 9.17) is 9.72 Å². The van der Waals surface area contributed by atoms with Crippen LogP contribution >= 0.6 is 11.3 Å². The number of rotatable bonds is 5. The Morgan fingerprint density at radius 3 is 2.43 bits per heavy atom. The normalized spacial score (nSPS) is 11.6. The number of anilines is 1. The fourth-order valence-corrected chi connectivity index (χ4v) is 5.72. The molecule has 0 saturated heterocycles. The topological polar surface area (TPSA) is 68.3 Å². The van der Waals surface area contributed by atoms with Crippen molar-refractivity contribution in [1.29, 1.82) is 0 Å². The van der Waals surface area contributed by atoms with Gasteiger partial charge in [0.2, 0.25) is 0 Å².